The molecule has 4 N–H and O–H groups in total. The third-order valence-corrected chi connectivity index (χ3v) is 7.92. The Morgan fingerprint density at radius 2 is 1.18 bits per heavy atom. The summed E-state index contributed by atoms with van der Waals surface area (Å²) in [7, 11) is 0. The van der Waals surface area contributed by atoms with E-state index in [1.165, 1.54) is 38.1 Å². The smallest absolute Gasteiger partial charge is 0.302 e. The number of halogens is 2. The highest BCUT2D eigenvalue weighted by Gasteiger charge is 2.31. The number of benzene rings is 2. The highest BCUT2D eigenvalue weighted by Crippen LogP contribution is 2.38. The number of carbonyl (C=O) groups is 2. The molecule has 4 aromatic rings. The van der Waals surface area contributed by atoms with Crippen LogP contribution >= 0.6 is 0 Å². The van der Waals surface area contributed by atoms with Gasteiger partial charge in [0.15, 0.2) is 0 Å². The van der Waals surface area contributed by atoms with Gasteiger partial charge in [-0.1, -0.05) is 0 Å². The molecule has 0 amide bonds. The molecule has 2 aromatic heterocycles. The minimum atomic E-state index is -0.341. The minimum Gasteiger partial charge on any atom is -0.461 e. The van der Waals surface area contributed by atoms with Crippen LogP contribution in [0, 0.1) is 11.6 Å². The van der Waals surface area contributed by atoms with Crippen molar-refractivity contribution in [1.82, 2.24) is 20.6 Å². The number of hydrogen-bond acceptors (Lipinski definition) is 6. The fraction of sp³-hybridized carbons (Fsp3) is 0.400. The lowest BCUT2D eigenvalue weighted by atomic mass is 9.95. The average Bonchev–Trinajstić information content (AvgIpc) is 3.66. The van der Waals surface area contributed by atoms with Crippen LogP contribution in [0.3, 0.4) is 0 Å². The van der Waals surface area contributed by atoms with Crippen LogP contribution in [0.2, 0.25) is 0 Å². The van der Waals surface area contributed by atoms with Gasteiger partial charge in [-0.2, -0.15) is 0 Å². The molecule has 0 radical (unpaired) electrons. The van der Waals surface area contributed by atoms with Crippen molar-refractivity contribution in [2.45, 2.75) is 63.8 Å². The first-order chi connectivity index (χ1) is 19.2. The third-order valence-electron chi connectivity index (χ3n) is 7.92. The minimum absolute atomic E-state index is 0.0541. The van der Waals surface area contributed by atoms with E-state index in [9.17, 15) is 18.4 Å². The van der Waals surface area contributed by atoms with Crippen LogP contribution < -0.4 is 10.6 Å². The summed E-state index contributed by atoms with van der Waals surface area (Å²) in [6.45, 7) is 3.97. The topological polar surface area (TPSA) is 108 Å². The van der Waals surface area contributed by atoms with Gasteiger partial charge in [0.1, 0.15) is 23.8 Å². The molecule has 0 bridgehead atoms. The van der Waals surface area contributed by atoms with Gasteiger partial charge in [0, 0.05) is 73.7 Å². The first-order valence-electron chi connectivity index (χ1n) is 13.6. The molecule has 4 atom stereocenters. The number of rotatable bonds is 7. The van der Waals surface area contributed by atoms with Crippen molar-refractivity contribution >= 4 is 33.7 Å². The van der Waals surface area contributed by atoms with Crippen molar-refractivity contribution in [2.24, 2.45) is 0 Å². The van der Waals surface area contributed by atoms with E-state index in [0.29, 0.717) is 49.8 Å². The molecule has 0 aliphatic carbocycles. The van der Waals surface area contributed by atoms with Gasteiger partial charge >= 0.3 is 11.9 Å². The molecule has 210 valence electrons. The lowest BCUT2D eigenvalue weighted by Gasteiger charge is -2.15. The molecule has 4 heterocycles. The summed E-state index contributed by atoms with van der Waals surface area (Å²) in [5, 5.41) is 8.72. The predicted octanol–water partition coefficient (Wildman–Crippen LogP) is 4.27. The second-order valence-electron chi connectivity index (χ2n) is 10.9. The Bertz CT molecular complexity index is 1480. The van der Waals surface area contributed by atoms with Crippen LogP contribution in [0.25, 0.3) is 33.2 Å². The molecule has 0 spiro atoms. The molecule has 2 saturated heterocycles. The zero-order chi connectivity index (χ0) is 28.0. The third kappa shape index (κ3) is 5.33. The van der Waals surface area contributed by atoms with Crippen molar-refractivity contribution in [3.8, 4) is 11.4 Å². The number of fused-ring (bicyclic) bond motifs is 2. The van der Waals surface area contributed by atoms with Crippen LogP contribution in [0.5, 0.6) is 0 Å². The molecule has 2 aromatic carbocycles. The number of nitrogens with one attached hydrogen (secondary N) is 4. The molecule has 4 unspecified atom stereocenters. The molecular formula is C30H32F2N4O4. The number of carbonyl (C=O) groups excluding carboxylic acids is 2. The molecule has 2 aliphatic heterocycles. The Hall–Kier alpha value is -3.76. The van der Waals surface area contributed by atoms with Gasteiger partial charge in [-0.3, -0.25) is 9.59 Å². The number of esters is 2. The van der Waals surface area contributed by atoms with Crippen LogP contribution in [-0.4, -0.2) is 59.3 Å². The van der Waals surface area contributed by atoms with Gasteiger partial charge < -0.3 is 30.1 Å². The highest BCUT2D eigenvalue weighted by atomic mass is 19.1. The Balaban J connectivity index is 1.40. The predicted molar refractivity (Wildman–Crippen MR) is 147 cm³/mol. The Kier molecular flexibility index (Phi) is 7.06. The van der Waals surface area contributed by atoms with Gasteiger partial charge in [0.05, 0.1) is 11.4 Å². The van der Waals surface area contributed by atoms with Crippen molar-refractivity contribution in [2.75, 3.05) is 13.1 Å². The molecule has 10 heteroatoms. The molecule has 40 heavy (non-hydrogen) atoms. The number of H-pyrrole nitrogens is 2. The van der Waals surface area contributed by atoms with E-state index < -0.39 is 0 Å². The maximum absolute atomic E-state index is 14.3. The molecular weight excluding hydrogens is 518 g/mol. The normalized spacial score (nSPS) is 22.8. The van der Waals surface area contributed by atoms with Crippen molar-refractivity contribution < 1.29 is 27.8 Å². The van der Waals surface area contributed by atoms with E-state index in [-0.39, 0.29) is 47.9 Å². The quantitative estimate of drug-likeness (QED) is 0.256. The van der Waals surface area contributed by atoms with Crippen LogP contribution in [0.1, 0.15) is 37.8 Å². The van der Waals surface area contributed by atoms with E-state index in [1.807, 2.05) is 0 Å². The fourth-order valence-corrected chi connectivity index (χ4v) is 6.32. The molecule has 0 saturated carbocycles. The van der Waals surface area contributed by atoms with Crippen LogP contribution in [0.4, 0.5) is 8.78 Å². The van der Waals surface area contributed by atoms with Crippen molar-refractivity contribution in [3.63, 3.8) is 0 Å². The number of aromatic amines is 2. The van der Waals surface area contributed by atoms with Crippen molar-refractivity contribution in [1.29, 1.82) is 0 Å². The Morgan fingerprint density at radius 1 is 0.750 bits per heavy atom. The molecule has 2 fully saturated rings. The standard InChI is InChI=1S/C30H32F2N4O4/c1-15(37)39-21-9-19(33-13-21)11-25-23-5-3-17(31)7-27(23)35-29(25)30-26(24-6-4-18(32)8-28(24)36-30)12-20-10-22(14-34-20)40-16(2)38/h3-8,19-22,33-36H,9-14H2,1-2H3. The largest absolute Gasteiger partial charge is 0.461 e. The summed E-state index contributed by atoms with van der Waals surface area (Å²) in [5.41, 5.74) is 4.98. The molecule has 6 rings (SSSR count). The zero-order valence-electron chi connectivity index (χ0n) is 22.4. The van der Waals surface area contributed by atoms with E-state index in [4.69, 9.17) is 9.47 Å². The van der Waals surface area contributed by atoms with Gasteiger partial charge in [0.2, 0.25) is 0 Å². The average molecular weight is 551 g/mol. The Labute approximate surface area is 229 Å². The number of aromatic nitrogens is 2. The SMILES string of the molecule is CC(=O)OC1CNC(Cc2c(-c3[nH]c4cc(F)ccc4c3CC3CC(OC(C)=O)CN3)[nH]c3cc(F)ccc23)C1. The van der Waals surface area contributed by atoms with E-state index in [2.05, 4.69) is 20.6 Å². The van der Waals surface area contributed by atoms with Crippen LogP contribution in [0.15, 0.2) is 36.4 Å². The van der Waals surface area contributed by atoms with Crippen LogP contribution in [-0.2, 0) is 31.9 Å². The summed E-state index contributed by atoms with van der Waals surface area (Å²) < 4.78 is 39.4. The van der Waals surface area contributed by atoms with E-state index in [0.717, 1.165) is 33.3 Å². The second-order valence-corrected chi connectivity index (χ2v) is 10.9. The Morgan fingerprint density at radius 3 is 1.57 bits per heavy atom. The van der Waals surface area contributed by atoms with Gasteiger partial charge in [-0.25, -0.2) is 8.78 Å². The zero-order valence-corrected chi connectivity index (χ0v) is 22.4. The van der Waals surface area contributed by atoms with E-state index >= 15 is 0 Å². The summed E-state index contributed by atoms with van der Waals surface area (Å²) in [6, 6.07) is 9.54. The number of ether oxygens (including phenoxy) is 2. The number of hydrogen-bond donors (Lipinski definition) is 4. The highest BCUT2D eigenvalue weighted by molar-refractivity contribution is 5.96. The van der Waals surface area contributed by atoms with Gasteiger partial charge in [0.25, 0.3) is 0 Å². The first kappa shape index (κ1) is 26.5. The van der Waals surface area contributed by atoms with E-state index in [1.54, 1.807) is 12.1 Å². The maximum atomic E-state index is 14.3. The van der Waals surface area contributed by atoms with Crippen molar-refractivity contribution in [3.05, 3.63) is 59.2 Å². The summed E-state index contributed by atoms with van der Waals surface area (Å²) in [6.07, 6.45) is 2.19. The lowest BCUT2D eigenvalue weighted by molar-refractivity contribution is -0.146. The second kappa shape index (κ2) is 10.7. The fourth-order valence-electron chi connectivity index (χ4n) is 6.32. The van der Waals surface area contributed by atoms with Gasteiger partial charge in [-0.15, -0.1) is 0 Å². The summed E-state index contributed by atoms with van der Waals surface area (Å²) in [5.74, 6) is -1.29. The maximum Gasteiger partial charge on any atom is 0.302 e. The van der Waals surface area contributed by atoms with Gasteiger partial charge in [-0.05, 0) is 60.4 Å². The molecule has 2 aliphatic rings. The first-order valence-corrected chi connectivity index (χ1v) is 13.6. The molecule has 8 nitrogen and oxygen atoms in total. The summed E-state index contributed by atoms with van der Waals surface area (Å²) >= 11 is 0. The monoisotopic (exact) mass is 550 g/mol. The lowest BCUT2D eigenvalue weighted by Crippen LogP contribution is -2.24. The summed E-state index contributed by atoms with van der Waals surface area (Å²) in [4.78, 5) is 29.9.